The van der Waals surface area contributed by atoms with E-state index in [0.29, 0.717) is 30.1 Å². The van der Waals surface area contributed by atoms with Crippen molar-refractivity contribution in [2.45, 2.75) is 46.5 Å². The zero-order chi connectivity index (χ0) is 16.4. The molecule has 1 aromatic carbocycles. The van der Waals surface area contributed by atoms with Gasteiger partial charge in [-0.05, 0) is 37.0 Å². The van der Waals surface area contributed by atoms with Crippen LogP contribution in [0.2, 0.25) is 0 Å². The molecule has 0 atom stereocenters. The van der Waals surface area contributed by atoms with Gasteiger partial charge < -0.3 is 10.6 Å². The van der Waals surface area contributed by atoms with E-state index in [-0.39, 0.29) is 11.8 Å². The Kier molecular flexibility index (Phi) is 8.26. The smallest absolute Gasteiger partial charge is 0.251 e. The largest absolute Gasteiger partial charge is 0.352 e. The van der Waals surface area contributed by atoms with Crippen molar-refractivity contribution in [1.82, 2.24) is 10.6 Å². The second-order valence-electron chi connectivity index (χ2n) is 5.98. The molecule has 0 fully saturated rings. The summed E-state index contributed by atoms with van der Waals surface area (Å²) in [6.45, 7) is 7.70. The molecule has 0 aliphatic heterocycles. The van der Waals surface area contributed by atoms with Gasteiger partial charge in [0.2, 0.25) is 0 Å². The van der Waals surface area contributed by atoms with Crippen LogP contribution in [-0.2, 0) is 0 Å². The van der Waals surface area contributed by atoms with Crippen molar-refractivity contribution in [2.75, 3.05) is 13.1 Å². The normalized spacial score (nSPS) is 10.5. The minimum Gasteiger partial charge on any atom is -0.352 e. The summed E-state index contributed by atoms with van der Waals surface area (Å²) in [5, 5.41) is 5.77. The van der Waals surface area contributed by atoms with Crippen molar-refractivity contribution >= 4 is 11.8 Å². The fourth-order valence-electron chi connectivity index (χ4n) is 2.06. The molecule has 1 rings (SSSR count). The van der Waals surface area contributed by atoms with E-state index in [1.54, 1.807) is 24.3 Å². The van der Waals surface area contributed by atoms with Gasteiger partial charge in [-0.25, -0.2) is 0 Å². The Labute approximate surface area is 133 Å². The van der Waals surface area contributed by atoms with Crippen molar-refractivity contribution in [2.24, 2.45) is 5.92 Å². The predicted octanol–water partition coefficient (Wildman–Crippen LogP) is 3.38. The summed E-state index contributed by atoms with van der Waals surface area (Å²) in [6, 6.07) is 6.87. The molecule has 0 aliphatic rings. The lowest BCUT2D eigenvalue weighted by Gasteiger charge is -2.09. The number of nitrogens with one attached hydrogen (secondary N) is 2. The Morgan fingerprint density at radius 2 is 1.59 bits per heavy atom. The molecule has 4 nitrogen and oxygen atoms in total. The third kappa shape index (κ3) is 6.74. The van der Waals surface area contributed by atoms with E-state index in [1.165, 1.54) is 0 Å². The Balaban J connectivity index is 2.53. The summed E-state index contributed by atoms with van der Waals surface area (Å²) < 4.78 is 0. The van der Waals surface area contributed by atoms with Gasteiger partial charge in [-0.15, -0.1) is 0 Å². The van der Waals surface area contributed by atoms with Crippen molar-refractivity contribution in [3.63, 3.8) is 0 Å². The van der Waals surface area contributed by atoms with E-state index in [1.807, 2.05) is 0 Å². The van der Waals surface area contributed by atoms with E-state index in [9.17, 15) is 9.59 Å². The standard InChI is InChI=1S/C18H28N2O2/c1-4-5-6-11-19-17(21)15-8-7-9-16(13-15)18(22)20-12-10-14(2)3/h7-9,13-14H,4-6,10-12H2,1-3H3,(H,19,21)(H,20,22). The highest BCUT2D eigenvalue weighted by Crippen LogP contribution is 2.06. The third-order valence-corrected chi connectivity index (χ3v) is 3.46. The highest BCUT2D eigenvalue weighted by molar-refractivity contribution is 5.99. The number of benzene rings is 1. The van der Waals surface area contributed by atoms with Gasteiger partial charge in [0.15, 0.2) is 0 Å². The topological polar surface area (TPSA) is 58.2 Å². The average molecular weight is 304 g/mol. The van der Waals surface area contributed by atoms with Crippen molar-refractivity contribution < 1.29 is 9.59 Å². The van der Waals surface area contributed by atoms with Crippen LogP contribution < -0.4 is 10.6 Å². The summed E-state index contributed by atoms with van der Waals surface area (Å²) in [5.74, 6) is 0.315. The number of carbonyl (C=O) groups excluding carboxylic acids is 2. The SMILES string of the molecule is CCCCCNC(=O)c1cccc(C(=O)NCCC(C)C)c1. The molecular weight excluding hydrogens is 276 g/mol. The number of hydrogen-bond donors (Lipinski definition) is 2. The first-order chi connectivity index (χ1) is 10.5. The Morgan fingerprint density at radius 3 is 2.14 bits per heavy atom. The average Bonchev–Trinajstić information content (AvgIpc) is 2.51. The van der Waals surface area contributed by atoms with Crippen LogP contribution in [0.4, 0.5) is 0 Å². The fraction of sp³-hybridized carbons (Fsp3) is 0.556. The van der Waals surface area contributed by atoms with Crippen LogP contribution in [0.5, 0.6) is 0 Å². The van der Waals surface area contributed by atoms with Crippen LogP contribution in [0.3, 0.4) is 0 Å². The molecule has 0 saturated heterocycles. The molecule has 22 heavy (non-hydrogen) atoms. The summed E-state index contributed by atoms with van der Waals surface area (Å²) in [6.07, 6.45) is 4.17. The first-order valence-electron chi connectivity index (χ1n) is 8.21. The number of rotatable bonds is 9. The molecule has 0 radical (unpaired) electrons. The second kappa shape index (κ2) is 9.98. The summed E-state index contributed by atoms with van der Waals surface area (Å²) in [7, 11) is 0. The molecule has 2 amide bonds. The third-order valence-electron chi connectivity index (χ3n) is 3.46. The molecule has 0 unspecified atom stereocenters. The Morgan fingerprint density at radius 1 is 1.00 bits per heavy atom. The van der Waals surface area contributed by atoms with Gasteiger partial charge in [0.05, 0.1) is 0 Å². The van der Waals surface area contributed by atoms with Gasteiger partial charge in [0, 0.05) is 24.2 Å². The van der Waals surface area contributed by atoms with E-state index in [2.05, 4.69) is 31.4 Å². The van der Waals surface area contributed by atoms with Crippen molar-refractivity contribution in [3.05, 3.63) is 35.4 Å². The van der Waals surface area contributed by atoms with Crippen LogP contribution in [-0.4, -0.2) is 24.9 Å². The van der Waals surface area contributed by atoms with Crippen LogP contribution in [0.15, 0.2) is 24.3 Å². The molecule has 2 N–H and O–H groups in total. The van der Waals surface area contributed by atoms with Gasteiger partial charge in [-0.2, -0.15) is 0 Å². The summed E-state index contributed by atoms with van der Waals surface area (Å²) >= 11 is 0. The minimum absolute atomic E-state index is 0.118. The maximum absolute atomic E-state index is 12.1. The van der Waals surface area contributed by atoms with Crippen molar-refractivity contribution in [1.29, 1.82) is 0 Å². The molecule has 1 aromatic rings. The lowest BCUT2D eigenvalue weighted by atomic mass is 10.1. The van der Waals surface area contributed by atoms with Crippen LogP contribution in [0, 0.1) is 5.92 Å². The van der Waals surface area contributed by atoms with Gasteiger partial charge in [0.25, 0.3) is 11.8 Å². The van der Waals surface area contributed by atoms with Crippen LogP contribution in [0.1, 0.15) is 67.2 Å². The lowest BCUT2D eigenvalue weighted by molar-refractivity contribution is 0.0951. The highest BCUT2D eigenvalue weighted by atomic mass is 16.2. The lowest BCUT2D eigenvalue weighted by Crippen LogP contribution is -2.27. The van der Waals surface area contributed by atoms with Crippen LogP contribution >= 0.6 is 0 Å². The maximum Gasteiger partial charge on any atom is 0.251 e. The Bertz CT molecular complexity index is 484. The molecule has 0 spiro atoms. The molecule has 0 aliphatic carbocycles. The predicted molar refractivity (Wildman–Crippen MR) is 90.1 cm³/mol. The molecular formula is C18H28N2O2. The number of carbonyl (C=O) groups is 2. The highest BCUT2D eigenvalue weighted by Gasteiger charge is 2.10. The molecule has 0 bridgehead atoms. The molecule has 0 heterocycles. The second-order valence-corrected chi connectivity index (χ2v) is 5.98. The van der Waals surface area contributed by atoms with Gasteiger partial charge in [-0.3, -0.25) is 9.59 Å². The van der Waals surface area contributed by atoms with E-state index in [4.69, 9.17) is 0 Å². The zero-order valence-electron chi connectivity index (χ0n) is 13.9. The minimum atomic E-state index is -0.124. The monoisotopic (exact) mass is 304 g/mol. The maximum atomic E-state index is 12.1. The first kappa shape index (κ1) is 18.2. The van der Waals surface area contributed by atoms with Crippen LogP contribution in [0.25, 0.3) is 0 Å². The van der Waals surface area contributed by atoms with Crippen molar-refractivity contribution in [3.8, 4) is 0 Å². The van der Waals surface area contributed by atoms with Gasteiger partial charge >= 0.3 is 0 Å². The Hall–Kier alpha value is -1.84. The van der Waals surface area contributed by atoms with Gasteiger partial charge in [-0.1, -0.05) is 39.7 Å². The number of unbranched alkanes of at least 4 members (excludes halogenated alkanes) is 2. The number of hydrogen-bond acceptors (Lipinski definition) is 2. The number of amides is 2. The summed E-state index contributed by atoms with van der Waals surface area (Å²) in [5.41, 5.74) is 1.07. The fourth-order valence-corrected chi connectivity index (χ4v) is 2.06. The van der Waals surface area contributed by atoms with E-state index < -0.39 is 0 Å². The molecule has 122 valence electrons. The van der Waals surface area contributed by atoms with Gasteiger partial charge in [0.1, 0.15) is 0 Å². The van der Waals surface area contributed by atoms with E-state index in [0.717, 1.165) is 25.7 Å². The molecule has 0 saturated carbocycles. The molecule has 4 heteroatoms. The quantitative estimate of drug-likeness (QED) is 0.687. The summed E-state index contributed by atoms with van der Waals surface area (Å²) in [4.78, 5) is 24.1. The zero-order valence-corrected chi connectivity index (χ0v) is 13.9. The van der Waals surface area contributed by atoms with E-state index >= 15 is 0 Å². The first-order valence-corrected chi connectivity index (χ1v) is 8.21. The molecule has 0 aromatic heterocycles.